The molecule has 0 aliphatic rings. The average molecular weight is 459 g/mol. The fourth-order valence-corrected chi connectivity index (χ4v) is 4.83. The second-order valence-corrected chi connectivity index (χ2v) is 8.58. The van der Waals surface area contributed by atoms with Crippen LogP contribution in [0.15, 0.2) is 53.7 Å². The Balaban J connectivity index is 1.71. The van der Waals surface area contributed by atoms with Gasteiger partial charge in [-0.05, 0) is 36.8 Å². The van der Waals surface area contributed by atoms with Crippen LogP contribution in [0.3, 0.4) is 0 Å². The number of pyridine rings is 1. The molecule has 0 amide bonds. The fraction of sp³-hybridized carbons (Fsp3) is 0.0476. The van der Waals surface area contributed by atoms with Gasteiger partial charge in [-0.1, -0.05) is 35.6 Å². The Morgan fingerprint density at radius 1 is 1.13 bits per heavy atom. The zero-order valence-electron chi connectivity index (χ0n) is 15.9. The molecule has 0 aliphatic heterocycles. The number of fused-ring (bicyclic) bond motifs is 1. The topological polar surface area (TPSA) is 87.7 Å². The van der Waals surface area contributed by atoms with Crippen LogP contribution in [-0.4, -0.2) is 23.6 Å². The molecule has 0 spiro atoms. The molecule has 0 atom stereocenters. The average Bonchev–Trinajstić information content (AvgIpc) is 3.17. The predicted molar refractivity (Wildman–Crippen MR) is 113 cm³/mol. The third-order valence-electron chi connectivity index (χ3n) is 4.39. The molecule has 31 heavy (non-hydrogen) atoms. The highest BCUT2D eigenvalue weighted by Gasteiger charge is 2.23. The van der Waals surface area contributed by atoms with Gasteiger partial charge >= 0.3 is 0 Å². The van der Waals surface area contributed by atoms with Gasteiger partial charge in [0.1, 0.15) is 10.7 Å². The van der Waals surface area contributed by atoms with Gasteiger partial charge in [-0.15, -0.1) is 0 Å². The normalized spacial score (nSPS) is 11.2. The van der Waals surface area contributed by atoms with E-state index in [-0.39, 0.29) is 9.92 Å². The Kier molecular flexibility index (Phi) is 5.35. The summed E-state index contributed by atoms with van der Waals surface area (Å²) in [6, 6.07) is 8.13. The molecular weight excluding hydrogens is 446 g/mol. The minimum absolute atomic E-state index is 0.0165. The minimum atomic E-state index is -4.22. The summed E-state index contributed by atoms with van der Waals surface area (Å²) in [4.78, 5) is 3.91. The highest BCUT2D eigenvalue weighted by molar-refractivity contribution is 7.92. The van der Waals surface area contributed by atoms with Crippen LogP contribution < -0.4 is 4.72 Å². The van der Waals surface area contributed by atoms with E-state index in [4.69, 9.17) is 11.6 Å². The Morgan fingerprint density at radius 2 is 1.94 bits per heavy atom. The summed E-state index contributed by atoms with van der Waals surface area (Å²) in [6.45, 7) is 1.56. The van der Waals surface area contributed by atoms with E-state index >= 15 is 0 Å². The number of nitrogens with one attached hydrogen (secondary N) is 2. The minimum Gasteiger partial charge on any atom is -0.277 e. The van der Waals surface area contributed by atoms with E-state index in [1.54, 1.807) is 31.3 Å². The van der Waals surface area contributed by atoms with Crippen molar-refractivity contribution in [3.63, 3.8) is 0 Å². The molecule has 156 valence electrons. The number of nitrogens with zero attached hydrogens (tertiary/aromatic N) is 2. The van der Waals surface area contributed by atoms with Gasteiger partial charge in [0.25, 0.3) is 10.0 Å². The van der Waals surface area contributed by atoms with Crippen LogP contribution in [0.4, 0.5) is 14.5 Å². The quantitative estimate of drug-likeness (QED) is 0.445. The number of aromatic amines is 1. The summed E-state index contributed by atoms with van der Waals surface area (Å²) in [5.74, 6) is 2.97. The third-order valence-corrected chi connectivity index (χ3v) is 6.39. The van der Waals surface area contributed by atoms with Gasteiger partial charge in [-0.25, -0.2) is 22.2 Å². The smallest absolute Gasteiger partial charge is 0.263 e. The molecule has 4 rings (SSSR count). The van der Waals surface area contributed by atoms with Crippen molar-refractivity contribution in [3.05, 3.63) is 82.1 Å². The molecule has 0 fully saturated rings. The Bertz CT molecular complexity index is 1470. The number of halogens is 3. The lowest BCUT2D eigenvalue weighted by Gasteiger charge is -2.13. The van der Waals surface area contributed by atoms with Crippen molar-refractivity contribution in [1.29, 1.82) is 0 Å². The number of sulfonamides is 1. The van der Waals surface area contributed by atoms with Gasteiger partial charge in [0.05, 0.1) is 22.5 Å². The molecule has 0 aliphatic carbocycles. The monoisotopic (exact) mass is 458 g/mol. The first-order chi connectivity index (χ1) is 14.8. The maximum absolute atomic E-state index is 15.0. The SMILES string of the molecule is Cc1cccc(Cl)c1S(=O)(=O)Nc1ccc(F)c(C#Cc2cnc3[nH]ncc3c2)c1F. The van der Waals surface area contributed by atoms with Gasteiger partial charge in [-0.3, -0.25) is 9.82 Å². The van der Waals surface area contributed by atoms with Gasteiger partial charge in [0.15, 0.2) is 11.5 Å². The van der Waals surface area contributed by atoms with Crippen molar-refractivity contribution in [2.24, 2.45) is 0 Å². The first-order valence-electron chi connectivity index (χ1n) is 8.83. The Hall–Kier alpha value is -3.48. The van der Waals surface area contributed by atoms with E-state index in [2.05, 4.69) is 31.7 Å². The lowest BCUT2D eigenvalue weighted by Crippen LogP contribution is -2.16. The highest BCUT2D eigenvalue weighted by atomic mass is 35.5. The van der Waals surface area contributed by atoms with E-state index in [1.807, 2.05) is 0 Å². The van der Waals surface area contributed by atoms with Gasteiger partial charge in [0.2, 0.25) is 0 Å². The lowest BCUT2D eigenvalue weighted by molar-refractivity contribution is 0.577. The van der Waals surface area contributed by atoms with Crippen LogP contribution in [0, 0.1) is 30.4 Å². The summed E-state index contributed by atoms with van der Waals surface area (Å²) in [6.07, 6.45) is 2.97. The molecule has 0 radical (unpaired) electrons. The molecule has 0 saturated heterocycles. The van der Waals surface area contributed by atoms with Crippen LogP contribution in [0.2, 0.25) is 5.02 Å². The van der Waals surface area contributed by atoms with Gasteiger partial charge in [-0.2, -0.15) is 5.10 Å². The first-order valence-corrected chi connectivity index (χ1v) is 10.7. The maximum Gasteiger partial charge on any atom is 0.263 e. The highest BCUT2D eigenvalue weighted by Crippen LogP contribution is 2.29. The fourth-order valence-electron chi connectivity index (χ4n) is 2.94. The Labute approximate surface area is 181 Å². The summed E-state index contributed by atoms with van der Waals surface area (Å²) in [5.41, 5.74) is 0.307. The van der Waals surface area contributed by atoms with E-state index in [0.29, 0.717) is 22.2 Å². The molecule has 4 aromatic rings. The number of hydrogen-bond acceptors (Lipinski definition) is 4. The van der Waals surface area contributed by atoms with Gasteiger partial charge < -0.3 is 0 Å². The van der Waals surface area contributed by atoms with E-state index in [1.165, 1.54) is 12.3 Å². The number of rotatable bonds is 3. The molecule has 2 N–H and O–H groups in total. The summed E-state index contributed by atoms with van der Waals surface area (Å²) in [7, 11) is -4.22. The molecule has 0 bridgehead atoms. The van der Waals surface area contributed by atoms with Crippen molar-refractivity contribution in [2.75, 3.05) is 4.72 Å². The van der Waals surface area contributed by atoms with Gasteiger partial charge in [0, 0.05) is 17.1 Å². The van der Waals surface area contributed by atoms with Crippen molar-refractivity contribution in [3.8, 4) is 11.8 Å². The molecule has 2 aromatic carbocycles. The van der Waals surface area contributed by atoms with Crippen LogP contribution in [0.25, 0.3) is 11.0 Å². The molecule has 10 heteroatoms. The largest absolute Gasteiger partial charge is 0.277 e. The number of anilines is 1. The number of H-pyrrole nitrogens is 1. The summed E-state index contributed by atoms with van der Waals surface area (Å²) in [5, 5.41) is 7.20. The van der Waals surface area contributed by atoms with Crippen LogP contribution >= 0.6 is 11.6 Å². The standard InChI is InChI=1S/C21H13ClF2N4O2S/c1-12-3-2-4-16(22)20(12)31(29,30)28-18-8-7-17(23)15(19(18)24)6-5-13-9-14-11-26-27-21(14)25-10-13/h2-4,7-11,28H,1H3,(H,25,26,27). The summed E-state index contributed by atoms with van der Waals surface area (Å²) < 4.78 is 56.8. The third kappa shape index (κ3) is 4.08. The van der Waals surface area contributed by atoms with E-state index in [0.717, 1.165) is 12.1 Å². The van der Waals surface area contributed by atoms with Crippen LogP contribution in [-0.2, 0) is 10.0 Å². The number of aryl methyl sites for hydroxylation is 1. The first kappa shape index (κ1) is 20.8. The van der Waals surface area contributed by atoms with Crippen molar-refractivity contribution in [2.45, 2.75) is 11.8 Å². The maximum atomic E-state index is 15.0. The Morgan fingerprint density at radius 3 is 2.71 bits per heavy atom. The van der Waals surface area contributed by atoms with E-state index in [9.17, 15) is 17.2 Å². The second kappa shape index (κ2) is 7.98. The van der Waals surface area contributed by atoms with E-state index < -0.39 is 32.9 Å². The molecule has 6 nitrogen and oxygen atoms in total. The number of benzene rings is 2. The van der Waals surface area contributed by atoms with Crippen molar-refractivity contribution >= 4 is 38.3 Å². The number of aromatic nitrogens is 3. The second-order valence-electron chi connectivity index (χ2n) is 6.56. The van der Waals surface area contributed by atoms with Crippen molar-refractivity contribution < 1.29 is 17.2 Å². The molecular formula is C21H13ClF2N4O2S. The van der Waals surface area contributed by atoms with Crippen molar-refractivity contribution in [1.82, 2.24) is 15.2 Å². The lowest BCUT2D eigenvalue weighted by atomic mass is 10.1. The van der Waals surface area contributed by atoms with Crippen LogP contribution in [0.1, 0.15) is 16.7 Å². The molecule has 2 heterocycles. The zero-order valence-corrected chi connectivity index (χ0v) is 17.4. The molecule has 0 unspecified atom stereocenters. The number of hydrogen-bond donors (Lipinski definition) is 2. The zero-order chi connectivity index (χ0) is 22.2. The molecule has 2 aromatic heterocycles. The molecule has 0 saturated carbocycles. The van der Waals surface area contributed by atoms with Crippen LogP contribution in [0.5, 0.6) is 0 Å². The predicted octanol–water partition coefficient (Wildman–Crippen LogP) is 4.40. The summed E-state index contributed by atoms with van der Waals surface area (Å²) >= 11 is 6.02.